The van der Waals surface area contributed by atoms with Gasteiger partial charge in [-0.25, -0.2) is 4.39 Å². The zero-order valence-corrected chi connectivity index (χ0v) is 16.3. The van der Waals surface area contributed by atoms with Crippen molar-refractivity contribution in [2.45, 2.75) is 24.9 Å². The Morgan fingerprint density at radius 3 is 2.25 bits per heavy atom. The molecule has 0 aliphatic carbocycles. The van der Waals surface area contributed by atoms with Gasteiger partial charge in [0.15, 0.2) is 0 Å². The van der Waals surface area contributed by atoms with Crippen molar-refractivity contribution in [1.29, 1.82) is 0 Å². The van der Waals surface area contributed by atoms with Gasteiger partial charge in [0, 0.05) is 38.2 Å². The summed E-state index contributed by atoms with van der Waals surface area (Å²) in [6.45, 7) is 3.24. The molecule has 28 heavy (non-hydrogen) atoms. The fourth-order valence-corrected chi connectivity index (χ4v) is 3.84. The maximum absolute atomic E-state index is 13.1. The molecular formula is C22H27FN2O3. The van der Waals surface area contributed by atoms with Crippen molar-refractivity contribution in [3.63, 3.8) is 0 Å². The number of rotatable bonds is 8. The van der Waals surface area contributed by atoms with Crippen LogP contribution in [0.4, 0.5) is 4.39 Å². The minimum absolute atomic E-state index is 0.0297. The number of carbonyl (C=O) groups is 1. The highest BCUT2D eigenvalue weighted by molar-refractivity contribution is 5.77. The lowest BCUT2D eigenvalue weighted by Gasteiger charge is -2.47. The molecule has 0 unspecified atom stereocenters. The van der Waals surface area contributed by atoms with Gasteiger partial charge in [-0.15, -0.1) is 0 Å². The van der Waals surface area contributed by atoms with Crippen LogP contribution in [-0.4, -0.2) is 61.4 Å². The molecule has 3 rings (SSSR count). The molecule has 6 heteroatoms. The summed E-state index contributed by atoms with van der Waals surface area (Å²) >= 11 is 0. The summed E-state index contributed by atoms with van der Waals surface area (Å²) in [5.41, 5.74) is 3.08. The summed E-state index contributed by atoms with van der Waals surface area (Å²) in [6, 6.07) is 14.6. The van der Waals surface area contributed by atoms with E-state index in [0.29, 0.717) is 13.1 Å². The van der Waals surface area contributed by atoms with Crippen LogP contribution in [0.15, 0.2) is 48.5 Å². The van der Waals surface area contributed by atoms with E-state index in [0.717, 1.165) is 16.7 Å². The lowest BCUT2D eigenvalue weighted by atomic mass is 9.77. The van der Waals surface area contributed by atoms with E-state index in [4.69, 9.17) is 4.74 Å². The smallest absolute Gasteiger partial charge is 0.248 e. The second-order valence-electron chi connectivity index (χ2n) is 7.08. The molecule has 1 aliphatic heterocycles. The number of methoxy groups -OCH3 is 1. The number of aliphatic hydroxyl groups is 1. The monoisotopic (exact) mass is 386 g/mol. The number of hydrogen-bond donors (Lipinski definition) is 2. The van der Waals surface area contributed by atoms with Gasteiger partial charge in [0.05, 0.1) is 6.61 Å². The van der Waals surface area contributed by atoms with Gasteiger partial charge < -0.3 is 20.1 Å². The number of hydrogen-bond acceptors (Lipinski definition) is 4. The van der Waals surface area contributed by atoms with Crippen molar-refractivity contribution in [3.8, 4) is 11.1 Å². The first kappa shape index (κ1) is 20.5. The first-order valence-electron chi connectivity index (χ1n) is 9.56. The standard InChI is InChI=1S/C22H27FN2O3/c1-3-25(21(27)14-28-2)12-19-22(20(13-26)24-19)17-6-4-15(5-7-17)16-8-10-18(23)11-9-16/h4-11,19-20,22,24,26H,3,12-14H2,1-2H3/t19-,20-,22+/m0/s1. The highest BCUT2D eigenvalue weighted by atomic mass is 19.1. The minimum atomic E-state index is -0.252. The Bertz CT molecular complexity index is 779. The summed E-state index contributed by atoms with van der Waals surface area (Å²) in [4.78, 5) is 13.9. The van der Waals surface area contributed by atoms with Crippen LogP contribution in [0.3, 0.4) is 0 Å². The highest BCUT2D eigenvalue weighted by Crippen LogP contribution is 2.34. The van der Waals surface area contributed by atoms with E-state index in [1.165, 1.54) is 19.2 Å². The Hall–Kier alpha value is -2.28. The molecule has 1 saturated heterocycles. The Balaban J connectivity index is 1.73. The molecule has 0 bridgehead atoms. The second kappa shape index (κ2) is 9.28. The van der Waals surface area contributed by atoms with Crippen molar-refractivity contribution in [3.05, 3.63) is 59.9 Å². The predicted molar refractivity (Wildman–Crippen MR) is 107 cm³/mol. The minimum Gasteiger partial charge on any atom is -0.395 e. The number of ether oxygens (including phenoxy) is 1. The average Bonchev–Trinajstić information content (AvgIpc) is 2.69. The third-order valence-electron chi connectivity index (χ3n) is 5.38. The van der Waals surface area contributed by atoms with E-state index < -0.39 is 0 Å². The SMILES string of the molecule is CCN(C[C@@H]1N[C@@H](CO)[C@@H]1c1ccc(-c2ccc(F)cc2)cc1)C(=O)COC. The average molecular weight is 386 g/mol. The molecule has 1 fully saturated rings. The van der Waals surface area contributed by atoms with Crippen molar-refractivity contribution in [1.82, 2.24) is 10.2 Å². The quantitative estimate of drug-likeness (QED) is 0.731. The molecule has 2 N–H and O–H groups in total. The van der Waals surface area contributed by atoms with E-state index in [1.54, 1.807) is 17.0 Å². The first-order valence-corrected chi connectivity index (χ1v) is 9.56. The second-order valence-corrected chi connectivity index (χ2v) is 7.08. The van der Waals surface area contributed by atoms with Crippen LogP contribution in [0.2, 0.25) is 0 Å². The maximum atomic E-state index is 13.1. The summed E-state index contributed by atoms with van der Waals surface area (Å²) in [5, 5.41) is 13.0. The Labute approximate surface area is 165 Å². The predicted octanol–water partition coefficient (Wildman–Crippen LogP) is 2.40. The number of carbonyl (C=O) groups excluding carboxylic acids is 1. The molecule has 0 saturated carbocycles. The van der Waals surface area contributed by atoms with Gasteiger partial charge in [-0.05, 0) is 35.7 Å². The van der Waals surface area contributed by atoms with E-state index in [-0.39, 0.29) is 42.9 Å². The number of nitrogens with one attached hydrogen (secondary N) is 1. The summed E-state index contributed by atoms with van der Waals surface area (Å²) in [6.07, 6.45) is 0. The van der Waals surface area contributed by atoms with Crippen LogP contribution >= 0.6 is 0 Å². The number of benzene rings is 2. The molecular weight excluding hydrogens is 359 g/mol. The van der Waals surface area contributed by atoms with E-state index in [2.05, 4.69) is 5.32 Å². The van der Waals surface area contributed by atoms with E-state index in [1.807, 2.05) is 31.2 Å². The summed E-state index contributed by atoms with van der Waals surface area (Å²) in [5.74, 6) is -0.167. The summed E-state index contributed by atoms with van der Waals surface area (Å²) in [7, 11) is 1.51. The largest absolute Gasteiger partial charge is 0.395 e. The zero-order valence-electron chi connectivity index (χ0n) is 16.3. The molecule has 150 valence electrons. The maximum Gasteiger partial charge on any atom is 0.248 e. The third-order valence-corrected chi connectivity index (χ3v) is 5.38. The number of nitrogens with zero attached hydrogens (tertiary/aromatic N) is 1. The Kier molecular flexibility index (Phi) is 6.78. The molecule has 0 aromatic heterocycles. The Morgan fingerprint density at radius 1 is 1.11 bits per heavy atom. The van der Waals surface area contributed by atoms with Crippen LogP contribution in [0.1, 0.15) is 18.4 Å². The molecule has 3 atom stereocenters. The van der Waals surface area contributed by atoms with Crippen LogP contribution in [0.25, 0.3) is 11.1 Å². The lowest BCUT2D eigenvalue weighted by molar-refractivity contribution is -0.135. The molecule has 1 amide bonds. The molecule has 2 aromatic rings. The van der Waals surface area contributed by atoms with E-state index in [9.17, 15) is 14.3 Å². The van der Waals surface area contributed by atoms with Gasteiger partial charge in [-0.1, -0.05) is 36.4 Å². The fourth-order valence-electron chi connectivity index (χ4n) is 3.84. The van der Waals surface area contributed by atoms with Crippen molar-refractivity contribution in [2.75, 3.05) is 33.4 Å². The molecule has 0 radical (unpaired) electrons. The first-order chi connectivity index (χ1) is 13.6. The number of likely N-dealkylation sites (N-methyl/N-ethyl adjacent to an activating group) is 1. The lowest BCUT2D eigenvalue weighted by Crippen LogP contribution is -2.65. The van der Waals surface area contributed by atoms with Gasteiger partial charge in [0.25, 0.3) is 0 Å². The van der Waals surface area contributed by atoms with Crippen LogP contribution in [0.5, 0.6) is 0 Å². The van der Waals surface area contributed by atoms with E-state index >= 15 is 0 Å². The number of halogens is 1. The summed E-state index contributed by atoms with van der Waals surface area (Å²) < 4.78 is 18.1. The zero-order chi connectivity index (χ0) is 20.1. The molecule has 1 heterocycles. The Morgan fingerprint density at radius 2 is 1.71 bits per heavy atom. The van der Waals surface area contributed by atoms with Gasteiger partial charge in [0.2, 0.25) is 5.91 Å². The van der Waals surface area contributed by atoms with Crippen LogP contribution in [0, 0.1) is 5.82 Å². The van der Waals surface area contributed by atoms with Gasteiger partial charge in [0.1, 0.15) is 12.4 Å². The normalized spacial score (nSPS) is 21.2. The van der Waals surface area contributed by atoms with Crippen LogP contribution in [-0.2, 0) is 9.53 Å². The van der Waals surface area contributed by atoms with Gasteiger partial charge in [-0.3, -0.25) is 4.79 Å². The molecule has 0 spiro atoms. The van der Waals surface area contributed by atoms with Gasteiger partial charge in [-0.2, -0.15) is 0 Å². The van der Waals surface area contributed by atoms with Crippen molar-refractivity contribution >= 4 is 5.91 Å². The van der Waals surface area contributed by atoms with Crippen molar-refractivity contribution < 1.29 is 19.0 Å². The molecule has 2 aromatic carbocycles. The number of amides is 1. The highest BCUT2D eigenvalue weighted by Gasteiger charge is 2.41. The van der Waals surface area contributed by atoms with Crippen LogP contribution < -0.4 is 5.32 Å². The third kappa shape index (κ3) is 4.41. The van der Waals surface area contributed by atoms with Gasteiger partial charge >= 0.3 is 0 Å². The fraction of sp³-hybridized carbons (Fsp3) is 0.409. The number of aliphatic hydroxyl groups excluding tert-OH is 1. The van der Waals surface area contributed by atoms with Crippen molar-refractivity contribution in [2.24, 2.45) is 0 Å². The molecule has 5 nitrogen and oxygen atoms in total. The topological polar surface area (TPSA) is 61.8 Å². The molecule has 1 aliphatic rings.